The van der Waals surface area contributed by atoms with Crippen molar-refractivity contribution >= 4 is 5.97 Å². The zero-order chi connectivity index (χ0) is 14.5. The number of piperidine rings is 1. The maximum atomic E-state index is 11.2. The highest BCUT2D eigenvalue weighted by molar-refractivity contribution is 5.70. The van der Waals surface area contributed by atoms with Gasteiger partial charge in [0.25, 0.3) is 0 Å². The molecule has 20 heavy (non-hydrogen) atoms. The molecule has 0 aromatic rings. The highest BCUT2D eigenvalue weighted by Crippen LogP contribution is 2.33. The SMILES string of the molecule is CCCC1CCC(CN2CC(C(=O)O)CCC2C)CC1. The van der Waals surface area contributed by atoms with Crippen molar-refractivity contribution in [2.24, 2.45) is 17.8 Å². The fourth-order valence-electron chi connectivity index (χ4n) is 4.08. The zero-order valence-corrected chi connectivity index (χ0v) is 13.2. The van der Waals surface area contributed by atoms with Crippen LogP contribution in [-0.2, 0) is 4.79 Å². The molecule has 3 nitrogen and oxygen atoms in total. The molecule has 0 spiro atoms. The van der Waals surface area contributed by atoms with Crippen LogP contribution in [-0.4, -0.2) is 35.1 Å². The third-order valence-electron chi connectivity index (χ3n) is 5.52. The molecule has 1 aliphatic heterocycles. The molecule has 0 bridgehead atoms. The molecule has 1 N–H and O–H groups in total. The molecule has 1 saturated heterocycles. The van der Waals surface area contributed by atoms with E-state index in [2.05, 4.69) is 18.7 Å². The van der Waals surface area contributed by atoms with Gasteiger partial charge in [-0.3, -0.25) is 9.69 Å². The summed E-state index contributed by atoms with van der Waals surface area (Å²) >= 11 is 0. The van der Waals surface area contributed by atoms with Gasteiger partial charge in [0.15, 0.2) is 0 Å². The molecule has 2 atom stereocenters. The number of likely N-dealkylation sites (tertiary alicyclic amines) is 1. The van der Waals surface area contributed by atoms with Crippen LogP contribution in [0.4, 0.5) is 0 Å². The molecule has 0 amide bonds. The van der Waals surface area contributed by atoms with E-state index in [9.17, 15) is 9.90 Å². The summed E-state index contributed by atoms with van der Waals surface area (Å²) in [7, 11) is 0. The molecule has 0 aromatic carbocycles. The molecular weight excluding hydrogens is 250 g/mol. The van der Waals surface area contributed by atoms with Crippen molar-refractivity contribution in [2.45, 2.75) is 71.3 Å². The van der Waals surface area contributed by atoms with Gasteiger partial charge in [0, 0.05) is 19.1 Å². The van der Waals surface area contributed by atoms with E-state index in [1.54, 1.807) is 0 Å². The summed E-state index contributed by atoms with van der Waals surface area (Å²) in [5, 5.41) is 9.22. The van der Waals surface area contributed by atoms with Gasteiger partial charge >= 0.3 is 5.97 Å². The van der Waals surface area contributed by atoms with Crippen molar-refractivity contribution in [1.82, 2.24) is 4.90 Å². The van der Waals surface area contributed by atoms with Crippen LogP contribution in [0.5, 0.6) is 0 Å². The van der Waals surface area contributed by atoms with Crippen LogP contribution < -0.4 is 0 Å². The lowest BCUT2D eigenvalue weighted by molar-refractivity contribution is -0.144. The van der Waals surface area contributed by atoms with Crippen LogP contribution in [0, 0.1) is 17.8 Å². The standard InChI is InChI=1S/C17H31NO2/c1-3-4-14-6-8-15(9-7-14)11-18-12-16(17(19)20)10-5-13(18)2/h13-16H,3-12H2,1-2H3,(H,19,20). The van der Waals surface area contributed by atoms with E-state index in [-0.39, 0.29) is 5.92 Å². The van der Waals surface area contributed by atoms with Gasteiger partial charge in [-0.2, -0.15) is 0 Å². The lowest BCUT2D eigenvalue weighted by Gasteiger charge is -2.40. The van der Waals surface area contributed by atoms with E-state index in [0.29, 0.717) is 6.04 Å². The first-order valence-electron chi connectivity index (χ1n) is 8.57. The Bertz CT molecular complexity index is 310. The predicted octanol–water partition coefficient (Wildman–Crippen LogP) is 3.78. The Morgan fingerprint density at radius 3 is 2.35 bits per heavy atom. The van der Waals surface area contributed by atoms with Crippen molar-refractivity contribution < 1.29 is 9.90 Å². The first-order valence-corrected chi connectivity index (χ1v) is 8.57. The van der Waals surface area contributed by atoms with Gasteiger partial charge in [0.1, 0.15) is 0 Å². The number of rotatable bonds is 5. The average Bonchev–Trinajstić information content (AvgIpc) is 2.43. The summed E-state index contributed by atoms with van der Waals surface area (Å²) in [6, 6.07) is 0.568. The van der Waals surface area contributed by atoms with Crippen molar-refractivity contribution in [2.75, 3.05) is 13.1 Å². The summed E-state index contributed by atoms with van der Waals surface area (Å²) in [6.07, 6.45) is 10.1. The van der Waals surface area contributed by atoms with Gasteiger partial charge in [-0.25, -0.2) is 0 Å². The highest BCUT2D eigenvalue weighted by Gasteiger charge is 2.31. The number of nitrogens with zero attached hydrogens (tertiary/aromatic N) is 1. The van der Waals surface area contributed by atoms with E-state index < -0.39 is 5.97 Å². The number of hydrogen-bond acceptors (Lipinski definition) is 2. The molecule has 1 heterocycles. The Balaban J connectivity index is 1.79. The lowest BCUT2D eigenvalue weighted by atomic mass is 9.79. The molecule has 0 radical (unpaired) electrons. The zero-order valence-electron chi connectivity index (χ0n) is 13.2. The Morgan fingerprint density at radius 1 is 1.10 bits per heavy atom. The maximum Gasteiger partial charge on any atom is 0.307 e. The molecule has 2 unspecified atom stereocenters. The topological polar surface area (TPSA) is 40.5 Å². The third kappa shape index (κ3) is 4.21. The van der Waals surface area contributed by atoms with Crippen LogP contribution in [0.15, 0.2) is 0 Å². The van der Waals surface area contributed by atoms with Crippen molar-refractivity contribution in [1.29, 1.82) is 0 Å². The Morgan fingerprint density at radius 2 is 1.75 bits per heavy atom. The summed E-state index contributed by atoms with van der Waals surface area (Å²) in [5.41, 5.74) is 0. The molecule has 116 valence electrons. The van der Waals surface area contributed by atoms with Crippen molar-refractivity contribution in [3.63, 3.8) is 0 Å². The minimum Gasteiger partial charge on any atom is -0.481 e. The largest absolute Gasteiger partial charge is 0.481 e. The summed E-state index contributed by atoms with van der Waals surface area (Å²) in [6.45, 7) is 6.45. The van der Waals surface area contributed by atoms with Gasteiger partial charge in [0.05, 0.1) is 5.92 Å². The minimum atomic E-state index is -0.603. The highest BCUT2D eigenvalue weighted by atomic mass is 16.4. The van der Waals surface area contributed by atoms with E-state index >= 15 is 0 Å². The Kier molecular flexibility index (Phi) is 5.88. The van der Waals surface area contributed by atoms with E-state index in [1.165, 1.54) is 38.5 Å². The molecule has 0 aromatic heterocycles. The van der Waals surface area contributed by atoms with Gasteiger partial charge < -0.3 is 5.11 Å². The lowest BCUT2D eigenvalue weighted by Crippen LogP contribution is -2.46. The van der Waals surface area contributed by atoms with Crippen LogP contribution in [0.2, 0.25) is 0 Å². The smallest absolute Gasteiger partial charge is 0.307 e. The molecule has 3 heteroatoms. The summed E-state index contributed by atoms with van der Waals surface area (Å²) in [4.78, 5) is 13.6. The fourth-order valence-corrected chi connectivity index (χ4v) is 4.08. The van der Waals surface area contributed by atoms with E-state index in [0.717, 1.165) is 37.8 Å². The molecule has 1 aliphatic carbocycles. The normalized spacial score (nSPS) is 35.9. The van der Waals surface area contributed by atoms with Crippen molar-refractivity contribution in [3.8, 4) is 0 Å². The molecule has 2 fully saturated rings. The fraction of sp³-hybridized carbons (Fsp3) is 0.941. The first-order chi connectivity index (χ1) is 9.60. The van der Waals surface area contributed by atoms with Crippen molar-refractivity contribution in [3.05, 3.63) is 0 Å². The molecule has 2 aliphatic rings. The average molecular weight is 281 g/mol. The second-order valence-electron chi connectivity index (χ2n) is 7.09. The van der Waals surface area contributed by atoms with Crippen LogP contribution in [0.25, 0.3) is 0 Å². The minimum absolute atomic E-state index is 0.136. The molecular formula is C17H31NO2. The number of carboxylic acid groups (broad SMARTS) is 1. The van der Waals surface area contributed by atoms with Crippen LogP contribution in [0.1, 0.15) is 65.2 Å². The number of hydrogen-bond donors (Lipinski definition) is 1. The number of carbonyl (C=O) groups is 1. The third-order valence-corrected chi connectivity index (χ3v) is 5.52. The van der Waals surface area contributed by atoms with Crippen LogP contribution >= 0.6 is 0 Å². The Hall–Kier alpha value is -0.570. The van der Waals surface area contributed by atoms with Gasteiger partial charge in [-0.05, 0) is 44.4 Å². The van der Waals surface area contributed by atoms with E-state index in [1.807, 2.05) is 0 Å². The van der Waals surface area contributed by atoms with Gasteiger partial charge in [-0.15, -0.1) is 0 Å². The Labute approximate surface area is 123 Å². The summed E-state index contributed by atoms with van der Waals surface area (Å²) in [5.74, 6) is 1.02. The predicted molar refractivity (Wildman–Crippen MR) is 81.8 cm³/mol. The first kappa shape index (κ1) is 15.8. The van der Waals surface area contributed by atoms with Gasteiger partial charge in [-0.1, -0.05) is 32.6 Å². The number of aliphatic carboxylic acids is 1. The van der Waals surface area contributed by atoms with E-state index in [4.69, 9.17) is 0 Å². The molecule has 1 saturated carbocycles. The second kappa shape index (κ2) is 7.44. The van der Waals surface area contributed by atoms with Gasteiger partial charge in [0.2, 0.25) is 0 Å². The second-order valence-corrected chi connectivity index (χ2v) is 7.09. The summed E-state index contributed by atoms with van der Waals surface area (Å²) < 4.78 is 0. The number of carboxylic acids is 1. The monoisotopic (exact) mass is 281 g/mol. The quantitative estimate of drug-likeness (QED) is 0.833. The molecule has 2 rings (SSSR count). The maximum absolute atomic E-state index is 11.2. The van der Waals surface area contributed by atoms with Crippen LogP contribution in [0.3, 0.4) is 0 Å².